The average molecular weight is 523 g/mol. The van der Waals surface area contributed by atoms with E-state index in [1.165, 1.54) is 16.2 Å². The van der Waals surface area contributed by atoms with Gasteiger partial charge in [0.25, 0.3) is 5.78 Å². The van der Waals surface area contributed by atoms with Crippen LogP contribution in [0.5, 0.6) is 5.75 Å². The smallest absolute Gasteiger partial charge is 0.302 e. The van der Waals surface area contributed by atoms with Gasteiger partial charge in [-0.1, -0.05) is 48.4 Å². The van der Waals surface area contributed by atoms with Gasteiger partial charge in [0.1, 0.15) is 29.1 Å². The molecule has 7 nitrogen and oxygen atoms in total. The Morgan fingerprint density at radius 2 is 2.03 bits per heavy atom. The van der Waals surface area contributed by atoms with Crippen LogP contribution in [0.3, 0.4) is 0 Å². The predicted molar refractivity (Wildman–Crippen MR) is 140 cm³/mol. The molecule has 1 N–H and O–H groups in total. The summed E-state index contributed by atoms with van der Waals surface area (Å²) in [4.78, 5) is 32.5. The Balaban J connectivity index is 1.63. The van der Waals surface area contributed by atoms with E-state index < -0.39 is 17.7 Å². The van der Waals surface area contributed by atoms with Crippen LogP contribution in [0.2, 0.25) is 5.02 Å². The van der Waals surface area contributed by atoms with Crippen molar-refractivity contribution in [1.82, 2.24) is 4.98 Å². The Bertz CT molecular complexity index is 1500. The van der Waals surface area contributed by atoms with E-state index in [1.54, 1.807) is 61.5 Å². The number of nitrogens with zero attached hydrogens (tertiary/aromatic N) is 2. The number of rotatable bonds is 7. The number of ketones is 1. The van der Waals surface area contributed by atoms with E-state index in [0.29, 0.717) is 45.1 Å². The van der Waals surface area contributed by atoms with Gasteiger partial charge in [-0.3, -0.25) is 14.5 Å². The van der Waals surface area contributed by atoms with Crippen LogP contribution in [-0.4, -0.2) is 28.4 Å². The number of fused-ring (bicyclic) bond motifs is 1. The molecular formula is C27H23ClN2O5S. The molecule has 1 aliphatic heterocycles. The number of unbranched alkanes of at least 4 members (excludes halogenated alkanes) is 1. The van der Waals surface area contributed by atoms with Crippen LogP contribution in [0.15, 0.2) is 64.6 Å². The van der Waals surface area contributed by atoms with Gasteiger partial charge in [-0.25, -0.2) is 4.98 Å². The fraction of sp³-hybridized carbons (Fsp3) is 0.222. The number of aliphatic hydroxyl groups excluding tert-OH is 1. The topological polar surface area (TPSA) is 92.9 Å². The summed E-state index contributed by atoms with van der Waals surface area (Å²) in [5, 5.41) is 12.2. The normalized spacial score (nSPS) is 17.3. The number of Topliss-reactive ketones (excluding diaryl/α,β-unsaturated/α-hetero) is 1. The van der Waals surface area contributed by atoms with E-state index in [1.807, 2.05) is 0 Å². The molecule has 1 unspecified atom stereocenters. The second-order valence-corrected chi connectivity index (χ2v) is 9.90. The molecule has 0 saturated carbocycles. The number of halogens is 1. The van der Waals surface area contributed by atoms with Crippen LogP contribution in [0.25, 0.3) is 16.0 Å². The summed E-state index contributed by atoms with van der Waals surface area (Å²) in [6, 6.07) is 14.5. The minimum atomic E-state index is -0.987. The van der Waals surface area contributed by atoms with Crippen molar-refractivity contribution < 1.29 is 23.8 Å². The number of furan rings is 1. The Hall–Kier alpha value is -3.62. The lowest BCUT2D eigenvalue weighted by atomic mass is 9.99. The summed E-state index contributed by atoms with van der Waals surface area (Å²) in [5.41, 5.74) is 0.941. The standard InChI is InChI=1S/C27H23ClN2O5S/c1-3-4-12-34-18-7-5-6-16(13-18)24(31)22-23(20-11-8-15(2)35-20)30(26(33)25(22)32)27-29-19-10-9-17(28)14-21(19)36-27/h5-11,13-14,23,31H,3-4,12H2,1-2H3/b24-22+. The van der Waals surface area contributed by atoms with Crippen molar-refractivity contribution in [2.24, 2.45) is 0 Å². The third-order valence-electron chi connectivity index (χ3n) is 5.89. The van der Waals surface area contributed by atoms with Crippen LogP contribution in [0, 0.1) is 6.92 Å². The van der Waals surface area contributed by atoms with Gasteiger partial charge >= 0.3 is 5.91 Å². The quantitative estimate of drug-likeness (QED) is 0.126. The number of hydrogen-bond acceptors (Lipinski definition) is 7. The van der Waals surface area contributed by atoms with Gasteiger partial charge in [-0.05, 0) is 55.8 Å². The number of benzene rings is 2. The number of hydrogen-bond donors (Lipinski definition) is 1. The molecule has 2 aromatic heterocycles. The zero-order valence-corrected chi connectivity index (χ0v) is 21.2. The summed E-state index contributed by atoms with van der Waals surface area (Å²) in [5.74, 6) is -0.397. The van der Waals surface area contributed by atoms with E-state index >= 15 is 0 Å². The average Bonchev–Trinajstić information content (AvgIpc) is 3.54. The molecule has 9 heteroatoms. The highest BCUT2D eigenvalue weighted by Gasteiger charge is 2.49. The molecule has 2 aromatic carbocycles. The van der Waals surface area contributed by atoms with Crippen molar-refractivity contribution in [3.05, 3.63) is 82.3 Å². The van der Waals surface area contributed by atoms with E-state index in [-0.39, 0.29) is 11.3 Å². The van der Waals surface area contributed by atoms with E-state index in [9.17, 15) is 14.7 Å². The summed E-state index contributed by atoms with van der Waals surface area (Å²) in [6.07, 6.45) is 1.89. The molecule has 1 atom stereocenters. The van der Waals surface area contributed by atoms with E-state index in [0.717, 1.165) is 17.5 Å². The number of thiazole rings is 1. The largest absolute Gasteiger partial charge is 0.507 e. The first kappa shape index (κ1) is 24.1. The summed E-state index contributed by atoms with van der Waals surface area (Å²) < 4.78 is 12.4. The third kappa shape index (κ3) is 4.38. The fourth-order valence-electron chi connectivity index (χ4n) is 4.11. The first-order valence-corrected chi connectivity index (χ1v) is 12.7. The van der Waals surface area contributed by atoms with Crippen molar-refractivity contribution in [1.29, 1.82) is 0 Å². The molecule has 1 fully saturated rings. The molecule has 4 aromatic rings. The Labute approximate surface area is 216 Å². The molecular weight excluding hydrogens is 500 g/mol. The van der Waals surface area contributed by atoms with Crippen molar-refractivity contribution >= 4 is 55.7 Å². The highest BCUT2D eigenvalue weighted by atomic mass is 35.5. The van der Waals surface area contributed by atoms with Crippen molar-refractivity contribution in [2.75, 3.05) is 11.5 Å². The Morgan fingerprint density at radius 3 is 2.78 bits per heavy atom. The third-order valence-corrected chi connectivity index (χ3v) is 7.15. The molecule has 184 valence electrons. The molecule has 1 saturated heterocycles. The number of anilines is 1. The first-order valence-electron chi connectivity index (χ1n) is 11.5. The zero-order valence-electron chi connectivity index (χ0n) is 19.7. The SMILES string of the molecule is CCCCOc1cccc(/C(O)=C2\C(=O)C(=O)N(c3nc4ccc(Cl)cc4s3)C2c2ccc(C)o2)c1. The molecule has 1 amide bonds. The second kappa shape index (κ2) is 9.79. The molecule has 0 aliphatic carbocycles. The van der Waals surface area contributed by atoms with Crippen molar-refractivity contribution in [3.63, 3.8) is 0 Å². The molecule has 0 bridgehead atoms. The number of aliphatic hydroxyl groups is 1. The lowest BCUT2D eigenvalue weighted by molar-refractivity contribution is -0.132. The number of aromatic nitrogens is 1. The van der Waals surface area contributed by atoms with Gasteiger partial charge in [0.15, 0.2) is 5.13 Å². The molecule has 0 spiro atoms. The molecule has 36 heavy (non-hydrogen) atoms. The molecule has 3 heterocycles. The number of aryl methyl sites for hydroxylation is 1. The monoisotopic (exact) mass is 522 g/mol. The van der Waals surface area contributed by atoms with E-state index in [4.69, 9.17) is 20.8 Å². The van der Waals surface area contributed by atoms with Crippen LogP contribution in [-0.2, 0) is 9.59 Å². The minimum absolute atomic E-state index is 0.0719. The number of carbonyl (C=O) groups excluding carboxylic acids is 2. The highest BCUT2D eigenvalue weighted by Crippen LogP contribution is 2.45. The van der Waals surface area contributed by atoms with Gasteiger partial charge in [0.2, 0.25) is 0 Å². The van der Waals surface area contributed by atoms with Crippen LogP contribution >= 0.6 is 22.9 Å². The van der Waals surface area contributed by atoms with Crippen LogP contribution < -0.4 is 9.64 Å². The Morgan fingerprint density at radius 1 is 1.19 bits per heavy atom. The Kier molecular flexibility index (Phi) is 6.55. The van der Waals surface area contributed by atoms with Gasteiger partial charge in [0, 0.05) is 10.6 Å². The molecule has 5 rings (SSSR count). The predicted octanol–water partition coefficient (Wildman–Crippen LogP) is 6.66. The first-order chi connectivity index (χ1) is 17.4. The number of amides is 1. The van der Waals surface area contributed by atoms with Gasteiger partial charge in [-0.2, -0.15) is 0 Å². The maximum Gasteiger partial charge on any atom is 0.302 e. The lowest BCUT2D eigenvalue weighted by Crippen LogP contribution is -2.29. The van der Waals surface area contributed by atoms with Gasteiger partial charge in [-0.15, -0.1) is 0 Å². The summed E-state index contributed by atoms with van der Waals surface area (Å²) in [6.45, 7) is 4.38. The molecule has 0 radical (unpaired) electrons. The highest BCUT2D eigenvalue weighted by molar-refractivity contribution is 7.22. The maximum atomic E-state index is 13.3. The molecule has 1 aliphatic rings. The summed E-state index contributed by atoms with van der Waals surface area (Å²) in [7, 11) is 0. The number of carbonyl (C=O) groups is 2. The van der Waals surface area contributed by atoms with Crippen LogP contribution in [0.4, 0.5) is 5.13 Å². The lowest BCUT2D eigenvalue weighted by Gasteiger charge is -2.20. The van der Waals surface area contributed by atoms with Crippen LogP contribution in [0.1, 0.15) is 42.9 Å². The fourth-order valence-corrected chi connectivity index (χ4v) is 5.38. The summed E-state index contributed by atoms with van der Waals surface area (Å²) >= 11 is 7.36. The van der Waals surface area contributed by atoms with Gasteiger partial charge < -0.3 is 14.3 Å². The maximum absolute atomic E-state index is 13.3. The van der Waals surface area contributed by atoms with Gasteiger partial charge in [0.05, 0.1) is 22.4 Å². The van der Waals surface area contributed by atoms with Crippen molar-refractivity contribution in [2.45, 2.75) is 32.7 Å². The van der Waals surface area contributed by atoms with E-state index in [2.05, 4.69) is 11.9 Å². The zero-order chi connectivity index (χ0) is 25.4. The minimum Gasteiger partial charge on any atom is -0.507 e. The number of ether oxygens (including phenoxy) is 1. The van der Waals surface area contributed by atoms with Crippen molar-refractivity contribution in [3.8, 4) is 5.75 Å². The second-order valence-electron chi connectivity index (χ2n) is 8.46.